The first kappa shape index (κ1) is 9.51. The van der Waals surface area contributed by atoms with Gasteiger partial charge in [-0.3, -0.25) is 4.57 Å². The van der Waals surface area contributed by atoms with Gasteiger partial charge in [-0.05, 0) is 13.0 Å². The third kappa shape index (κ3) is 1.52. The van der Waals surface area contributed by atoms with Crippen LogP contribution in [0.3, 0.4) is 0 Å². The fourth-order valence-corrected chi connectivity index (χ4v) is 1.66. The van der Waals surface area contributed by atoms with Crippen LogP contribution in [0, 0.1) is 6.92 Å². The van der Waals surface area contributed by atoms with Gasteiger partial charge in [0.05, 0.1) is 5.97 Å². The van der Waals surface area contributed by atoms with Crippen LogP contribution < -0.4 is 15.2 Å². The number of carboxylic acid groups (broad SMARTS) is 1. The van der Waals surface area contributed by atoms with Gasteiger partial charge >= 0.3 is 0 Å². The van der Waals surface area contributed by atoms with E-state index in [1.165, 1.54) is 0 Å². The minimum atomic E-state index is -1.11. The Kier molecular flexibility index (Phi) is 2.07. The van der Waals surface area contributed by atoms with Crippen molar-refractivity contribution >= 4 is 17.4 Å². The van der Waals surface area contributed by atoms with E-state index in [0.29, 0.717) is 5.82 Å². The van der Waals surface area contributed by atoms with Crippen LogP contribution in [0.15, 0.2) is 24.4 Å². The number of carbonyl (C=O) groups excluding carboxylic acids is 1. The maximum absolute atomic E-state index is 10.6. The number of fused-ring (bicyclic) bond motifs is 1. The molecule has 0 fully saturated rings. The summed E-state index contributed by atoms with van der Waals surface area (Å²) in [6.45, 7) is 1.67. The van der Waals surface area contributed by atoms with E-state index in [1.807, 2.05) is 13.0 Å². The van der Waals surface area contributed by atoms with Gasteiger partial charge in [0, 0.05) is 12.1 Å². The number of nitrogen functional groups attached to an aromatic ring is 1. The minimum Gasteiger partial charge on any atom is -0.547 e. The van der Waals surface area contributed by atoms with Crippen molar-refractivity contribution in [2.75, 3.05) is 5.73 Å². The van der Waals surface area contributed by atoms with Crippen LogP contribution in [-0.2, 0) is 11.3 Å². The highest BCUT2D eigenvalue weighted by atomic mass is 16.4. The molecule has 0 aliphatic carbocycles. The number of hydrogen-bond donors (Lipinski definition) is 1. The highest BCUT2D eigenvalue weighted by Crippen LogP contribution is 2.06. The number of aryl methyl sites for hydroxylation is 1. The molecular formula is C10H11N3O2. The molecule has 5 nitrogen and oxygen atoms in total. The summed E-state index contributed by atoms with van der Waals surface area (Å²) >= 11 is 0. The van der Waals surface area contributed by atoms with Gasteiger partial charge in [-0.25, -0.2) is 4.40 Å². The molecule has 0 aromatic carbocycles. The standard InChI is InChI=1S/C10H11N3O2/c1-7-5-13-8(11)3-2-4-9(13)12(7)6-10(14)15/h2-5,11H,6H2,1H3,(H,14,15). The number of carboxylic acids is 1. The van der Waals surface area contributed by atoms with Crippen molar-refractivity contribution in [1.29, 1.82) is 0 Å². The number of imidazole rings is 1. The fraction of sp³-hybridized carbons (Fsp3) is 0.200. The molecule has 5 heteroatoms. The Morgan fingerprint density at radius 2 is 2.33 bits per heavy atom. The van der Waals surface area contributed by atoms with E-state index in [-0.39, 0.29) is 6.54 Å². The van der Waals surface area contributed by atoms with Crippen LogP contribution in [0.5, 0.6) is 0 Å². The minimum absolute atomic E-state index is 0.161. The number of hydrogen-bond acceptors (Lipinski definition) is 3. The monoisotopic (exact) mass is 205 g/mol. The number of aromatic nitrogens is 2. The molecule has 0 unspecified atom stereocenters. The van der Waals surface area contributed by atoms with E-state index in [9.17, 15) is 9.90 Å². The molecule has 2 heterocycles. The number of aliphatic carboxylic acids is 1. The lowest BCUT2D eigenvalue weighted by Crippen LogP contribution is -2.29. The quantitative estimate of drug-likeness (QED) is 0.630. The molecule has 2 aromatic heterocycles. The summed E-state index contributed by atoms with van der Waals surface area (Å²) in [5.41, 5.74) is 7.33. The predicted molar refractivity (Wildman–Crippen MR) is 51.7 cm³/mol. The first-order chi connectivity index (χ1) is 7.09. The van der Waals surface area contributed by atoms with Crippen LogP contribution in [0.1, 0.15) is 5.69 Å². The van der Waals surface area contributed by atoms with E-state index in [0.717, 1.165) is 11.3 Å². The summed E-state index contributed by atoms with van der Waals surface area (Å²) in [5, 5.41) is 10.6. The first-order valence-corrected chi connectivity index (χ1v) is 4.55. The SMILES string of the molecule is Cc1c[n+]2c(N)cccc2n1CC(=O)[O-]. The van der Waals surface area contributed by atoms with Gasteiger partial charge in [-0.2, -0.15) is 0 Å². The molecule has 0 radical (unpaired) electrons. The average Bonchev–Trinajstić information content (AvgIpc) is 2.45. The normalized spacial score (nSPS) is 10.7. The molecule has 0 aliphatic heterocycles. The van der Waals surface area contributed by atoms with Gasteiger partial charge in [0.1, 0.15) is 18.4 Å². The molecule has 78 valence electrons. The van der Waals surface area contributed by atoms with Crippen molar-refractivity contribution in [2.45, 2.75) is 13.5 Å². The Balaban J connectivity index is 2.68. The van der Waals surface area contributed by atoms with E-state index in [2.05, 4.69) is 0 Å². The smallest absolute Gasteiger partial charge is 0.233 e. The third-order valence-electron chi connectivity index (χ3n) is 2.34. The summed E-state index contributed by atoms with van der Waals surface area (Å²) in [7, 11) is 0. The van der Waals surface area contributed by atoms with E-state index < -0.39 is 5.97 Å². The van der Waals surface area contributed by atoms with Crippen LogP contribution >= 0.6 is 0 Å². The molecule has 2 N–H and O–H groups in total. The largest absolute Gasteiger partial charge is 0.547 e. The van der Waals surface area contributed by atoms with E-state index >= 15 is 0 Å². The lowest BCUT2D eigenvalue weighted by Gasteiger charge is -2.02. The molecule has 0 spiro atoms. The summed E-state index contributed by atoms with van der Waals surface area (Å²) in [6.07, 6.45) is 1.80. The Morgan fingerprint density at radius 3 is 3.00 bits per heavy atom. The molecule has 0 atom stereocenters. The van der Waals surface area contributed by atoms with E-state index in [1.54, 1.807) is 27.3 Å². The number of pyridine rings is 1. The molecule has 2 rings (SSSR count). The number of nitrogens with zero attached hydrogens (tertiary/aromatic N) is 2. The van der Waals surface area contributed by atoms with Crippen LogP contribution in [-0.4, -0.2) is 10.5 Å². The summed E-state index contributed by atoms with van der Waals surface area (Å²) in [6, 6.07) is 5.36. The molecule has 0 bridgehead atoms. The summed E-state index contributed by atoms with van der Waals surface area (Å²) in [5.74, 6) is -0.536. The number of rotatable bonds is 2. The second kappa shape index (κ2) is 3.27. The van der Waals surface area contributed by atoms with Crippen molar-refractivity contribution in [3.05, 3.63) is 30.1 Å². The molecular weight excluding hydrogens is 194 g/mol. The van der Waals surface area contributed by atoms with Crippen molar-refractivity contribution < 1.29 is 14.3 Å². The topological polar surface area (TPSA) is 75.2 Å². The fourth-order valence-electron chi connectivity index (χ4n) is 1.66. The Bertz CT molecular complexity index is 531. The second-order valence-electron chi connectivity index (χ2n) is 3.41. The zero-order valence-corrected chi connectivity index (χ0v) is 8.30. The van der Waals surface area contributed by atoms with Crippen LogP contribution in [0.4, 0.5) is 5.82 Å². The molecule has 0 aliphatic rings. The van der Waals surface area contributed by atoms with Crippen LogP contribution in [0.2, 0.25) is 0 Å². The van der Waals surface area contributed by atoms with Crippen molar-refractivity contribution in [3.8, 4) is 0 Å². The Morgan fingerprint density at radius 1 is 1.60 bits per heavy atom. The summed E-state index contributed by atoms with van der Waals surface area (Å²) in [4.78, 5) is 10.6. The predicted octanol–water partition coefficient (Wildman–Crippen LogP) is -1.13. The van der Waals surface area contributed by atoms with Gasteiger partial charge < -0.3 is 15.6 Å². The molecule has 0 amide bonds. The summed E-state index contributed by atoms with van der Waals surface area (Å²) < 4.78 is 3.39. The maximum atomic E-state index is 10.6. The molecule has 2 aromatic rings. The average molecular weight is 205 g/mol. The number of anilines is 1. The number of nitrogens with two attached hydrogens (primary N) is 1. The van der Waals surface area contributed by atoms with Crippen molar-refractivity contribution in [2.24, 2.45) is 0 Å². The number of carbonyl (C=O) groups is 1. The highest BCUT2D eigenvalue weighted by Gasteiger charge is 2.12. The Hall–Kier alpha value is -2.04. The molecule has 0 saturated carbocycles. The van der Waals surface area contributed by atoms with Gasteiger partial charge in [0.2, 0.25) is 11.5 Å². The lowest BCUT2D eigenvalue weighted by atomic mass is 10.4. The van der Waals surface area contributed by atoms with Crippen molar-refractivity contribution in [3.63, 3.8) is 0 Å². The van der Waals surface area contributed by atoms with Crippen LogP contribution in [0.25, 0.3) is 5.65 Å². The van der Waals surface area contributed by atoms with E-state index in [4.69, 9.17) is 5.73 Å². The Labute approximate surface area is 86.4 Å². The lowest BCUT2D eigenvalue weighted by molar-refractivity contribution is -0.494. The van der Waals surface area contributed by atoms with Gasteiger partial charge in [-0.1, -0.05) is 0 Å². The zero-order valence-electron chi connectivity index (χ0n) is 8.30. The highest BCUT2D eigenvalue weighted by molar-refractivity contribution is 5.65. The van der Waals surface area contributed by atoms with Gasteiger partial charge in [-0.15, -0.1) is 0 Å². The van der Waals surface area contributed by atoms with Gasteiger partial charge in [0.15, 0.2) is 0 Å². The zero-order chi connectivity index (χ0) is 11.0. The van der Waals surface area contributed by atoms with Gasteiger partial charge in [0.25, 0.3) is 0 Å². The third-order valence-corrected chi connectivity index (χ3v) is 2.34. The first-order valence-electron chi connectivity index (χ1n) is 4.55. The molecule has 0 saturated heterocycles. The second-order valence-corrected chi connectivity index (χ2v) is 3.41. The maximum Gasteiger partial charge on any atom is 0.233 e. The van der Waals surface area contributed by atoms with Crippen molar-refractivity contribution in [1.82, 2.24) is 4.57 Å². The molecule has 15 heavy (non-hydrogen) atoms.